The first-order chi connectivity index (χ1) is 10.7. The molecule has 2 rings (SSSR count). The molecule has 1 fully saturated rings. The average Bonchev–Trinajstić information content (AvgIpc) is 2.55. The molecule has 1 N–H and O–H groups in total. The molecule has 1 aromatic rings. The van der Waals surface area contributed by atoms with Gasteiger partial charge in [0.15, 0.2) is 11.5 Å². The second-order valence-corrected chi connectivity index (χ2v) is 6.25. The van der Waals surface area contributed by atoms with E-state index in [0.29, 0.717) is 0 Å². The number of aryl methyl sites for hydroxylation is 1. The van der Waals surface area contributed by atoms with Crippen LogP contribution in [0.15, 0.2) is 12.1 Å². The summed E-state index contributed by atoms with van der Waals surface area (Å²) in [5.41, 5.74) is 2.61. The third kappa shape index (κ3) is 4.37. The molecular formula is C18H30N2O2. The van der Waals surface area contributed by atoms with E-state index in [9.17, 15) is 0 Å². The van der Waals surface area contributed by atoms with Gasteiger partial charge in [-0.3, -0.25) is 4.90 Å². The van der Waals surface area contributed by atoms with E-state index in [-0.39, 0.29) is 0 Å². The molecule has 0 aliphatic carbocycles. The fourth-order valence-electron chi connectivity index (χ4n) is 3.22. The van der Waals surface area contributed by atoms with Crippen molar-refractivity contribution in [3.05, 3.63) is 23.3 Å². The fourth-order valence-corrected chi connectivity index (χ4v) is 3.22. The zero-order valence-electron chi connectivity index (χ0n) is 14.4. The van der Waals surface area contributed by atoms with Crippen molar-refractivity contribution in [2.45, 2.75) is 32.7 Å². The SMILES string of the molecule is CNCCC1CCN(Cc2cc(OC)c(OC)cc2C)CC1. The number of rotatable bonds is 7. The summed E-state index contributed by atoms with van der Waals surface area (Å²) < 4.78 is 10.8. The zero-order chi connectivity index (χ0) is 15.9. The Kier molecular flexibility index (Phi) is 6.52. The molecule has 1 saturated heterocycles. The number of piperidine rings is 1. The minimum Gasteiger partial charge on any atom is -0.493 e. The summed E-state index contributed by atoms with van der Waals surface area (Å²) in [4.78, 5) is 2.56. The van der Waals surface area contributed by atoms with Gasteiger partial charge in [0.25, 0.3) is 0 Å². The van der Waals surface area contributed by atoms with Gasteiger partial charge >= 0.3 is 0 Å². The van der Waals surface area contributed by atoms with Crippen molar-refractivity contribution in [3.63, 3.8) is 0 Å². The molecule has 0 bridgehead atoms. The van der Waals surface area contributed by atoms with Crippen molar-refractivity contribution in [1.29, 1.82) is 0 Å². The van der Waals surface area contributed by atoms with Crippen LogP contribution >= 0.6 is 0 Å². The molecule has 1 aliphatic rings. The average molecular weight is 306 g/mol. The number of nitrogens with one attached hydrogen (secondary N) is 1. The second kappa shape index (κ2) is 8.39. The molecule has 0 radical (unpaired) electrons. The third-order valence-electron chi connectivity index (χ3n) is 4.75. The van der Waals surface area contributed by atoms with Crippen molar-refractivity contribution in [3.8, 4) is 11.5 Å². The first-order valence-electron chi connectivity index (χ1n) is 8.26. The number of benzene rings is 1. The normalized spacial score (nSPS) is 16.7. The minimum absolute atomic E-state index is 0.814. The number of methoxy groups -OCH3 is 2. The molecule has 22 heavy (non-hydrogen) atoms. The second-order valence-electron chi connectivity index (χ2n) is 6.25. The van der Waals surface area contributed by atoms with Crippen LogP contribution in [0.5, 0.6) is 11.5 Å². The Hall–Kier alpha value is -1.26. The van der Waals surface area contributed by atoms with Crippen LogP contribution in [0.3, 0.4) is 0 Å². The van der Waals surface area contributed by atoms with Crippen LogP contribution < -0.4 is 14.8 Å². The number of ether oxygens (including phenoxy) is 2. The molecule has 124 valence electrons. The number of hydrogen-bond donors (Lipinski definition) is 1. The van der Waals surface area contributed by atoms with Gasteiger partial charge < -0.3 is 14.8 Å². The Balaban J connectivity index is 1.94. The maximum atomic E-state index is 5.43. The van der Waals surface area contributed by atoms with Gasteiger partial charge in [0.05, 0.1) is 14.2 Å². The topological polar surface area (TPSA) is 33.7 Å². The molecule has 1 aromatic carbocycles. The summed E-state index contributed by atoms with van der Waals surface area (Å²) in [5, 5.41) is 3.26. The van der Waals surface area contributed by atoms with Gasteiger partial charge in [-0.1, -0.05) is 0 Å². The summed E-state index contributed by atoms with van der Waals surface area (Å²) in [6.45, 7) is 6.69. The van der Waals surface area contributed by atoms with Crippen LogP contribution in [-0.4, -0.2) is 45.8 Å². The number of likely N-dealkylation sites (tertiary alicyclic amines) is 1. The molecule has 0 saturated carbocycles. The molecule has 0 unspecified atom stereocenters. The van der Waals surface area contributed by atoms with Gasteiger partial charge in [-0.05, 0) is 82.0 Å². The molecule has 4 nitrogen and oxygen atoms in total. The quantitative estimate of drug-likeness (QED) is 0.840. The summed E-state index contributed by atoms with van der Waals surface area (Å²) in [7, 11) is 5.42. The summed E-state index contributed by atoms with van der Waals surface area (Å²) in [6, 6.07) is 4.20. The van der Waals surface area contributed by atoms with Crippen LogP contribution in [0.25, 0.3) is 0 Å². The van der Waals surface area contributed by atoms with Crippen molar-refractivity contribution in [2.75, 3.05) is 40.9 Å². The predicted molar refractivity (Wildman–Crippen MR) is 90.8 cm³/mol. The molecule has 1 heterocycles. The maximum absolute atomic E-state index is 5.43. The van der Waals surface area contributed by atoms with E-state index < -0.39 is 0 Å². The van der Waals surface area contributed by atoms with Crippen molar-refractivity contribution < 1.29 is 9.47 Å². The van der Waals surface area contributed by atoms with Gasteiger partial charge in [-0.25, -0.2) is 0 Å². The molecule has 0 aromatic heterocycles. The van der Waals surface area contributed by atoms with Crippen LogP contribution in [0.2, 0.25) is 0 Å². The minimum atomic E-state index is 0.814. The van der Waals surface area contributed by atoms with Gasteiger partial charge in [0, 0.05) is 6.54 Å². The van der Waals surface area contributed by atoms with Crippen LogP contribution in [0.1, 0.15) is 30.4 Å². The largest absolute Gasteiger partial charge is 0.493 e. The van der Waals surface area contributed by atoms with Gasteiger partial charge in [-0.2, -0.15) is 0 Å². The van der Waals surface area contributed by atoms with Crippen molar-refractivity contribution in [1.82, 2.24) is 10.2 Å². The maximum Gasteiger partial charge on any atom is 0.161 e. The molecule has 4 heteroatoms. The highest BCUT2D eigenvalue weighted by Gasteiger charge is 2.20. The Morgan fingerprint density at radius 1 is 1.14 bits per heavy atom. The van der Waals surface area contributed by atoms with Gasteiger partial charge in [-0.15, -0.1) is 0 Å². The van der Waals surface area contributed by atoms with Crippen LogP contribution in [-0.2, 0) is 6.54 Å². The fraction of sp³-hybridized carbons (Fsp3) is 0.667. The Bertz CT molecular complexity index is 468. The first-order valence-corrected chi connectivity index (χ1v) is 8.26. The Morgan fingerprint density at radius 2 is 1.77 bits per heavy atom. The Morgan fingerprint density at radius 3 is 2.36 bits per heavy atom. The molecular weight excluding hydrogens is 276 g/mol. The lowest BCUT2D eigenvalue weighted by Crippen LogP contribution is -2.34. The van der Waals surface area contributed by atoms with E-state index in [1.54, 1.807) is 14.2 Å². The standard InChI is InChI=1S/C18H30N2O2/c1-14-11-17(21-3)18(22-4)12-16(14)13-20-9-6-15(7-10-20)5-8-19-2/h11-12,15,19H,5-10,13H2,1-4H3. The van der Waals surface area contributed by atoms with E-state index >= 15 is 0 Å². The monoisotopic (exact) mass is 306 g/mol. The molecule has 1 aliphatic heterocycles. The third-order valence-corrected chi connectivity index (χ3v) is 4.75. The summed E-state index contributed by atoms with van der Waals surface area (Å²) in [5.74, 6) is 2.52. The summed E-state index contributed by atoms with van der Waals surface area (Å²) in [6.07, 6.45) is 3.93. The summed E-state index contributed by atoms with van der Waals surface area (Å²) >= 11 is 0. The van der Waals surface area contributed by atoms with E-state index in [0.717, 1.165) is 30.5 Å². The lowest BCUT2D eigenvalue weighted by Gasteiger charge is -2.32. The van der Waals surface area contributed by atoms with E-state index in [1.807, 2.05) is 7.05 Å². The van der Waals surface area contributed by atoms with Gasteiger partial charge in [0.1, 0.15) is 0 Å². The van der Waals surface area contributed by atoms with Crippen molar-refractivity contribution in [2.24, 2.45) is 5.92 Å². The smallest absolute Gasteiger partial charge is 0.161 e. The van der Waals surface area contributed by atoms with Crippen LogP contribution in [0.4, 0.5) is 0 Å². The molecule has 0 amide bonds. The number of hydrogen-bond acceptors (Lipinski definition) is 4. The lowest BCUT2D eigenvalue weighted by atomic mass is 9.93. The van der Waals surface area contributed by atoms with Crippen molar-refractivity contribution >= 4 is 0 Å². The first kappa shape index (κ1) is 17.1. The van der Waals surface area contributed by atoms with E-state index in [4.69, 9.17) is 9.47 Å². The highest BCUT2D eigenvalue weighted by atomic mass is 16.5. The zero-order valence-corrected chi connectivity index (χ0v) is 14.4. The van der Waals surface area contributed by atoms with Gasteiger partial charge in [0.2, 0.25) is 0 Å². The highest BCUT2D eigenvalue weighted by molar-refractivity contribution is 5.47. The van der Waals surface area contributed by atoms with E-state index in [1.165, 1.54) is 43.5 Å². The molecule has 0 spiro atoms. The van der Waals surface area contributed by atoms with E-state index in [2.05, 4.69) is 29.3 Å². The lowest BCUT2D eigenvalue weighted by molar-refractivity contribution is 0.172. The van der Waals surface area contributed by atoms with Crippen LogP contribution in [0, 0.1) is 12.8 Å². The predicted octanol–water partition coefficient (Wildman–Crippen LogP) is 2.83. The molecule has 0 atom stereocenters. The highest BCUT2D eigenvalue weighted by Crippen LogP contribution is 2.31. The number of nitrogens with zero attached hydrogens (tertiary/aromatic N) is 1. The Labute approximate surface area is 134 Å².